The predicted molar refractivity (Wildman–Crippen MR) is 137 cm³/mol. The first-order valence-electron chi connectivity index (χ1n) is 11.9. The van der Waals surface area contributed by atoms with Crippen LogP contribution in [0.3, 0.4) is 0 Å². The summed E-state index contributed by atoms with van der Waals surface area (Å²) in [6.07, 6.45) is -0.530. The summed E-state index contributed by atoms with van der Waals surface area (Å²) < 4.78 is 52.6. The Morgan fingerprint density at radius 1 is 0.833 bits per heavy atom. The van der Waals surface area contributed by atoms with Gasteiger partial charge in [-0.05, 0) is 35.7 Å². The molecular formula is C28H33NO6S. The molecule has 36 heavy (non-hydrogen) atoms. The van der Waals surface area contributed by atoms with Crippen LogP contribution in [0.15, 0.2) is 83.8 Å². The van der Waals surface area contributed by atoms with Crippen molar-refractivity contribution in [1.82, 2.24) is 4.72 Å². The summed E-state index contributed by atoms with van der Waals surface area (Å²) in [5.74, 6) is 0. The second-order valence-electron chi connectivity index (χ2n) is 8.87. The first-order valence-corrected chi connectivity index (χ1v) is 13.4. The molecule has 4 rings (SSSR count). The molecule has 0 unspecified atom stereocenters. The minimum atomic E-state index is -3.79. The quantitative estimate of drug-likeness (QED) is 0.419. The zero-order chi connectivity index (χ0) is 25.5. The molecule has 7 nitrogen and oxygen atoms in total. The fraction of sp³-hybridized carbons (Fsp3) is 0.357. The number of benzene rings is 3. The third-order valence-corrected chi connectivity index (χ3v) is 7.66. The average molecular weight is 512 g/mol. The Morgan fingerprint density at radius 3 is 2.03 bits per heavy atom. The van der Waals surface area contributed by atoms with Gasteiger partial charge >= 0.3 is 0 Å². The molecule has 1 aliphatic heterocycles. The molecule has 1 N–H and O–H groups in total. The van der Waals surface area contributed by atoms with E-state index in [1.54, 1.807) is 38.5 Å². The van der Waals surface area contributed by atoms with E-state index >= 15 is 0 Å². The van der Waals surface area contributed by atoms with E-state index in [9.17, 15) is 8.42 Å². The second kappa shape index (κ2) is 12.1. The van der Waals surface area contributed by atoms with E-state index in [-0.39, 0.29) is 17.1 Å². The molecule has 3 aromatic carbocycles. The van der Waals surface area contributed by atoms with Crippen molar-refractivity contribution in [1.29, 1.82) is 0 Å². The van der Waals surface area contributed by atoms with Crippen molar-refractivity contribution in [2.75, 3.05) is 27.4 Å². The van der Waals surface area contributed by atoms with Crippen LogP contribution in [-0.2, 0) is 35.4 Å². The van der Waals surface area contributed by atoms with Crippen molar-refractivity contribution < 1.29 is 27.4 Å². The normalized spacial score (nSPS) is 19.4. The van der Waals surface area contributed by atoms with Crippen molar-refractivity contribution in [3.63, 3.8) is 0 Å². The molecule has 0 aliphatic carbocycles. The third-order valence-electron chi connectivity index (χ3n) is 6.22. The summed E-state index contributed by atoms with van der Waals surface area (Å²) in [6, 6.07) is 23.6. The number of sulfonamides is 1. The number of aryl methyl sites for hydroxylation is 1. The van der Waals surface area contributed by atoms with Crippen molar-refractivity contribution in [3.05, 3.63) is 101 Å². The Balaban J connectivity index is 1.65. The molecule has 0 saturated carbocycles. The van der Waals surface area contributed by atoms with E-state index in [1.807, 2.05) is 61.5 Å². The molecule has 192 valence electrons. The molecule has 1 saturated heterocycles. The highest BCUT2D eigenvalue weighted by molar-refractivity contribution is 7.89. The van der Waals surface area contributed by atoms with Crippen LogP contribution in [0.2, 0.25) is 0 Å². The second-order valence-corrected chi connectivity index (χ2v) is 10.6. The van der Waals surface area contributed by atoms with Gasteiger partial charge in [-0.15, -0.1) is 0 Å². The van der Waals surface area contributed by atoms with Crippen LogP contribution in [0.25, 0.3) is 0 Å². The van der Waals surface area contributed by atoms with Gasteiger partial charge in [0.1, 0.15) is 12.2 Å². The van der Waals surface area contributed by atoms with Gasteiger partial charge in [0.15, 0.2) is 6.29 Å². The van der Waals surface area contributed by atoms with Gasteiger partial charge in [-0.1, -0.05) is 72.3 Å². The molecular weight excluding hydrogens is 478 g/mol. The van der Waals surface area contributed by atoms with Gasteiger partial charge < -0.3 is 18.9 Å². The van der Waals surface area contributed by atoms with Crippen LogP contribution >= 0.6 is 0 Å². The zero-order valence-electron chi connectivity index (χ0n) is 20.8. The van der Waals surface area contributed by atoms with E-state index in [2.05, 4.69) is 4.72 Å². The smallest absolute Gasteiger partial charge is 0.241 e. The summed E-state index contributed by atoms with van der Waals surface area (Å²) in [7, 11) is -0.543. The Labute approximate surface area is 213 Å². The fourth-order valence-corrected chi connectivity index (χ4v) is 5.60. The van der Waals surface area contributed by atoms with E-state index in [0.29, 0.717) is 19.6 Å². The van der Waals surface area contributed by atoms with Crippen molar-refractivity contribution in [2.24, 2.45) is 0 Å². The Hall–Kier alpha value is -2.59. The highest BCUT2D eigenvalue weighted by atomic mass is 32.2. The van der Waals surface area contributed by atoms with Crippen LogP contribution in [0.5, 0.6) is 0 Å². The SMILES string of the molecule is COC[C@@H]1OC(Cc2ccccc2[C@H](NS(=O)(=O)c2ccc(C)cc2)c2ccccc2)O[C@H]1COC. The fourth-order valence-electron chi connectivity index (χ4n) is 4.39. The Kier molecular flexibility index (Phi) is 8.90. The summed E-state index contributed by atoms with van der Waals surface area (Å²) in [6.45, 7) is 2.72. The Morgan fingerprint density at radius 2 is 1.42 bits per heavy atom. The molecule has 3 atom stereocenters. The van der Waals surface area contributed by atoms with Crippen molar-refractivity contribution in [3.8, 4) is 0 Å². The Bertz CT molecular complexity index is 1200. The maximum Gasteiger partial charge on any atom is 0.241 e. The standard InChI is InChI=1S/C28H33NO6S/c1-20-13-15-23(16-14-20)36(30,31)29-28(21-9-5-4-6-10-21)24-12-8-7-11-22(24)17-27-34-25(18-32-2)26(35-27)19-33-3/h4-16,25-29H,17-19H2,1-3H3/t25-,26-,28+/m0/s1. The van der Waals surface area contributed by atoms with Crippen LogP contribution in [-0.4, -0.2) is 54.3 Å². The third kappa shape index (κ3) is 6.39. The molecule has 1 fully saturated rings. The van der Waals surface area contributed by atoms with Crippen LogP contribution in [0.1, 0.15) is 28.3 Å². The van der Waals surface area contributed by atoms with Gasteiger partial charge in [-0.3, -0.25) is 0 Å². The number of hydrogen-bond acceptors (Lipinski definition) is 6. The monoisotopic (exact) mass is 511 g/mol. The number of ether oxygens (including phenoxy) is 4. The van der Waals surface area contributed by atoms with Gasteiger partial charge in [0, 0.05) is 20.6 Å². The predicted octanol–water partition coefficient (Wildman–Crippen LogP) is 4.01. The lowest BCUT2D eigenvalue weighted by molar-refractivity contribution is -0.0753. The lowest BCUT2D eigenvalue weighted by atomic mass is 9.93. The molecule has 0 amide bonds. The van der Waals surface area contributed by atoms with E-state index < -0.39 is 22.4 Å². The van der Waals surface area contributed by atoms with Gasteiger partial charge in [0.25, 0.3) is 0 Å². The van der Waals surface area contributed by atoms with E-state index in [0.717, 1.165) is 22.3 Å². The molecule has 1 aliphatic rings. The summed E-state index contributed by atoms with van der Waals surface area (Å²) in [5, 5.41) is 0. The summed E-state index contributed by atoms with van der Waals surface area (Å²) in [5.41, 5.74) is 3.60. The number of rotatable bonds is 11. The molecule has 0 bridgehead atoms. The minimum Gasteiger partial charge on any atom is -0.382 e. The topological polar surface area (TPSA) is 83.1 Å². The van der Waals surface area contributed by atoms with Crippen LogP contribution < -0.4 is 4.72 Å². The molecule has 8 heteroatoms. The first-order chi connectivity index (χ1) is 17.4. The maximum absolute atomic E-state index is 13.4. The average Bonchev–Trinajstić information content (AvgIpc) is 3.25. The van der Waals surface area contributed by atoms with E-state index in [4.69, 9.17) is 18.9 Å². The highest BCUT2D eigenvalue weighted by Gasteiger charge is 2.37. The lowest BCUT2D eigenvalue weighted by Crippen LogP contribution is -2.30. The molecule has 0 spiro atoms. The molecule has 1 heterocycles. The summed E-state index contributed by atoms with van der Waals surface area (Å²) >= 11 is 0. The van der Waals surface area contributed by atoms with Gasteiger partial charge in [0.05, 0.1) is 24.2 Å². The number of nitrogens with one attached hydrogen (secondary N) is 1. The number of hydrogen-bond donors (Lipinski definition) is 1. The zero-order valence-corrected chi connectivity index (χ0v) is 21.6. The highest BCUT2D eigenvalue weighted by Crippen LogP contribution is 2.30. The van der Waals surface area contributed by atoms with Gasteiger partial charge in [-0.25, -0.2) is 8.42 Å². The largest absolute Gasteiger partial charge is 0.382 e. The van der Waals surface area contributed by atoms with Crippen LogP contribution in [0.4, 0.5) is 0 Å². The molecule has 3 aromatic rings. The first kappa shape index (κ1) is 26.5. The lowest BCUT2D eigenvalue weighted by Gasteiger charge is -2.23. The number of methoxy groups -OCH3 is 2. The van der Waals surface area contributed by atoms with Gasteiger partial charge in [-0.2, -0.15) is 4.72 Å². The molecule has 0 aromatic heterocycles. The van der Waals surface area contributed by atoms with E-state index in [1.165, 1.54) is 0 Å². The maximum atomic E-state index is 13.4. The van der Waals surface area contributed by atoms with Crippen molar-refractivity contribution in [2.45, 2.75) is 42.8 Å². The molecule has 0 radical (unpaired) electrons. The summed E-state index contributed by atoms with van der Waals surface area (Å²) in [4.78, 5) is 0.221. The van der Waals surface area contributed by atoms with Gasteiger partial charge in [0.2, 0.25) is 10.0 Å². The van der Waals surface area contributed by atoms with Crippen molar-refractivity contribution >= 4 is 10.0 Å². The van der Waals surface area contributed by atoms with Crippen LogP contribution in [0, 0.1) is 6.92 Å². The minimum absolute atomic E-state index is 0.221.